The Bertz CT molecular complexity index is 944. The summed E-state index contributed by atoms with van der Waals surface area (Å²) in [7, 11) is -3.41. The van der Waals surface area contributed by atoms with Gasteiger partial charge in [0.05, 0.1) is 24.9 Å². The summed E-state index contributed by atoms with van der Waals surface area (Å²) in [5, 5.41) is 9.81. The maximum atomic E-state index is 12.4. The predicted octanol–water partition coefficient (Wildman–Crippen LogP) is 2.35. The topological polar surface area (TPSA) is 92.6 Å². The van der Waals surface area contributed by atoms with Gasteiger partial charge in [0, 0.05) is 24.4 Å². The number of rotatable bonds is 4. The molecule has 7 nitrogen and oxygen atoms in total. The fraction of sp³-hybridized carbons (Fsp3) is 0.474. The van der Waals surface area contributed by atoms with Crippen LogP contribution < -0.4 is 4.90 Å². The predicted molar refractivity (Wildman–Crippen MR) is 105 cm³/mol. The summed E-state index contributed by atoms with van der Waals surface area (Å²) in [4.78, 5) is 11.3. The molecular weight excluding hydrogens is 366 g/mol. The standard InChI is InChI=1S/C19H25N3O4S/c1-13-12-26-9-8-22(13)17-11-16(19(2,3)27(4,24)25)20-18(21-17)14-6-5-7-15(23)10-14/h5-7,10-11,13,23H,8-9,12H2,1-4H3/t13-/m0/s1. The Morgan fingerprint density at radius 1 is 1.26 bits per heavy atom. The number of ether oxygens (including phenoxy) is 1. The Balaban J connectivity index is 2.19. The van der Waals surface area contributed by atoms with Crippen molar-refractivity contribution in [2.24, 2.45) is 0 Å². The first-order chi connectivity index (χ1) is 12.6. The highest BCUT2D eigenvalue weighted by atomic mass is 32.2. The molecule has 1 saturated heterocycles. The van der Waals surface area contributed by atoms with Gasteiger partial charge in [0.2, 0.25) is 0 Å². The molecule has 0 radical (unpaired) electrons. The van der Waals surface area contributed by atoms with Crippen molar-refractivity contribution in [3.63, 3.8) is 0 Å². The van der Waals surface area contributed by atoms with E-state index in [1.54, 1.807) is 44.2 Å². The molecular formula is C19H25N3O4S. The van der Waals surface area contributed by atoms with Crippen LogP contribution in [0.3, 0.4) is 0 Å². The van der Waals surface area contributed by atoms with Crippen LogP contribution in [0.15, 0.2) is 30.3 Å². The molecule has 2 heterocycles. The van der Waals surface area contributed by atoms with Crippen LogP contribution in [0, 0.1) is 0 Å². The summed E-state index contributed by atoms with van der Waals surface area (Å²) in [6.45, 7) is 7.15. The van der Waals surface area contributed by atoms with Crippen molar-refractivity contribution >= 4 is 15.7 Å². The molecule has 0 bridgehead atoms. The first-order valence-electron chi connectivity index (χ1n) is 8.82. The molecule has 0 amide bonds. The number of sulfone groups is 1. The first kappa shape index (κ1) is 19.6. The number of anilines is 1. The summed E-state index contributed by atoms with van der Waals surface area (Å²) >= 11 is 0. The lowest BCUT2D eigenvalue weighted by Gasteiger charge is -2.35. The fourth-order valence-electron chi connectivity index (χ4n) is 2.92. The zero-order valence-corrected chi connectivity index (χ0v) is 16.8. The van der Waals surface area contributed by atoms with Crippen LogP contribution in [0.5, 0.6) is 5.75 Å². The fourth-order valence-corrected chi connectivity index (χ4v) is 3.41. The van der Waals surface area contributed by atoms with Crippen LogP contribution >= 0.6 is 0 Å². The van der Waals surface area contributed by atoms with Crippen LogP contribution in [-0.4, -0.2) is 55.5 Å². The van der Waals surface area contributed by atoms with Gasteiger partial charge in [-0.25, -0.2) is 18.4 Å². The van der Waals surface area contributed by atoms with E-state index in [-0.39, 0.29) is 11.8 Å². The highest BCUT2D eigenvalue weighted by molar-refractivity contribution is 7.91. The lowest BCUT2D eigenvalue weighted by atomic mass is 10.1. The van der Waals surface area contributed by atoms with Gasteiger partial charge in [-0.1, -0.05) is 12.1 Å². The number of benzene rings is 1. The molecule has 1 aromatic heterocycles. The smallest absolute Gasteiger partial charge is 0.161 e. The van der Waals surface area contributed by atoms with Crippen molar-refractivity contribution in [3.05, 3.63) is 36.0 Å². The Morgan fingerprint density at radius 3 is 2.63 bits per heavy atom. The van der Waals surface area contributed by atoms with Crippen molar-refractivity contribution in [2.75, 3.05) is 30.9 Å². The van der Waals surface area contributed by atoms with Crippen molar-refractivity contribution in [3.8, 4) is 17.1 Å². The highest BCUT2D eigenvalue weighted by Crippen LogP contribution is 2.32. The van der Waals surface area contributed by atoms with E-state index in [4.69, 9.17) is 4.74 Å². The second-order valence-electron chi connectivity index (χ2n) is 7.39. The minimum atomic E-state index is -3.41. The van der Waals surface area contributed by atoms with Crippen molar-refractivity contribution in [1.29, 1.82) is 0 Å². The molecule has 0 spiro atoms. The molecule has 3 rings (SSSR count). The number of hydrogen-bond donors (Lipinski definition) is 1. The molecule has 0 unspecified atom stereocenters. The van der Waals surface area contributed by atoms with Crippen LogP contribution in [0.4, 0.5) is 5.82 Å². The van der Waals surface area contributed by atoms with Gasteiger partial charge in [-0.15, -0.1) is 0 Å². The lowest BCUT2D eigenvalue weighted by Crippen LogP contribution is -2.44. The monoisotopic (exact) mass is 391 g/mol. The van der Waals surface area contributed by atoms with Gasteiger partial charge >= 0.3 is 0 Å². The van der Waals surface area contributed by atoms with E-state index in [2.05, 4.69) is 14.9 Å². The molecule has 1 aliphatic heterocycles. The van der Waals surface area contributed by atoms with E-state index >= 15 is 0 Å². The van der Waals surface area contributed by atoms with Gasteiger partial charge in [-0.05, 0) is 32.9 Å². The average Bonchev–Trinajstić information content (AvgIpc) is 2.61. The molecule has 1 N–H and O–H groups in total. The van der Waals surface area contributed by atoms with Gasteiger partial charge < -0.3 is 14.7 Å². The molecule has 27 heavy (non-hydrogen) atoms. The molecule has 1 atom stereocenters. The Morgan fingerprint density at radius 2 is 2.00 bits per heavy atom. The van der Waals surface area contributed by atoms with Crippen molar-refractivity contribution < 1.29 is 18.3 Å². The zero-order valence-electron chi connectivity index (χ0n) is 16.0. The SMILES string of the molecule is C[C@H]1COCCN1c1cc(C(C)(C)S(C)(=O)=O)nc(-c2cccc(O)c2)n1. The average molecular weight is 391 g/mol. The van der Waals surface area contributed by atoms with Gasteiger partial charge in [0.25, 0.3) is 0 Å². The maximum absolute atomic E-state index is 12.4. The first-order valence-corrected chi connectivity index (χ1v) is 10.7. The maximum Gasteiger partial charge on any atom is 0.161 e. The van der Waals surface area contributed by atoms with Crippen molar-refractivity contribution in [2.45, 2.75) is 31.6 Å². The number of hydrogen-bond acceptors (Lipinski definition) is 7. The Labute approximate surface area is 159 Å². The third kappa shape index (κ3) is 3.91. The summed E-state index contributed by atoms with van der Waals surface area (Å²) in [5.41, 5.74) is 1.05. The lowest BCUT2D eigenvalue weighted by molar-refractivity contribution is 0.0985. The number of nitrogens with zero attached hydrogens (tertiary/aromatic N) is 3. The number of phenolic OH excluding ortho intramolecular Hbond substituents is 1. The summed E-state index contributed by atoms with van der Waals surface area (Å²) < 4.78 is 29.1. The second-order valence-corrected chi connectivity index (χ2v) is 9.95. The molecule has 2 aromatic rings. The summed E-state index contributed by atoms with van der Waals surface area (Å²) in [6, 6.07) is 8.49. The van der Waals surface area contributed by atoms with E-state index < -0.39 is 14.6 Å². The minimum Gasteiger partial charge on any atom is -0.508 e. The van der Waals surface area contributed by atoms with Gasteiger partial charge in [0.15, 0.2) is 15.7 Å². The third-order valence-electron chi connectivity index (χ3n) is 5.02. The number of aromatic nitrogens is 2. The Kier molecular flexibility index (Phi) is 5.14. The molecule has 0 saturated carbocycles. The van der Waals surface area contributed by atoms with E-state index in [9.17, 15) is 13.5 Å². The van der Waals surface area contributed by atoms with Crippen molar-refractivity contribution in [1.82, 2.24) is 9.97 Å². The van der Waals surface area contributed by atoms with E-state index in [0.29, 0.717) is 42.7 Å². The largest absolute Gasteiger partial charge is 0.508 e. The quantitative estimate of drug-likeness (QED) is 0.855. The summed E-state index contributed by atoms with van der Waals surface area (Å²) in [6.07, 6.45) is 1.21. The molecule has 1 fully saturated rings. The number of aromatic hydroxyl groups is 1. The number of morpholine rings is 1. The van der Waals surface area contributed by atoms with E-state index in [0.717, 1.165) is 0 Å². The molecule has 1 aromatic carbocycles. The molecule has 0 aliphatic carbocycles. The highest BCUT2D eigenvalue weighted by Gasteiger charge is 2.35. The van der Waals surface area contributed by atoms with Crippen LogP contribution in [0.1, 0.15) is 26.5 Å². The van der Waals surface area contributed by atoms with Gasteiger partial charge in [0.1, 0.15) is 16.3 Å². The van der Waals surface area contributed by atoms with Crippen LogP contribution in [0.25, 0.3) is 11.4 Å². The summed E-state index contributed by atoms with van der Waals surface area (Å²) in [5.74, 6) is 1.14. The van der Waals surface area contributed by atoms with Gasteiger partial charge in [-0.2, -0.15) is 0 Å². The second kappa shape index (κ2) is 7.09. The molecule has 1 aliphatic rings. The van der Waals surface area contributed by atoms with Crippen LogP contribution in [0.2, 0.25) is 0 Å². The normalized spacial score (nSPS) is 18.5. The number of phenols is 1. The minimum absolute atomic E-state index is 0.102. The van der Waals surface area contributed by atoms with E-state index in [1.165, 1.54) is 6.26 Å². The Hall–Kier alpha value is -2.19. The zero-order chi connectivity index (χ0) is 19.8. The van der Waals surface area contributed by atoms with Crippen LogP contribution in [-0.2, 0) is 19.3 Å². The van der Waals surface area contributed by atoms with Gasteiger partial charge in [-0.3, -0.25) is 0 Å². The molecule has 8 heteroatoms. The molecule has 146 valence electrons. The van der Waals surface area contributed by atoms with E-state index in [1.807, 2.05) is 6.92 Å². The third-order valence-corrected chi connectivity index (χ3v) is 7.09.